The zero-order chi connectivity index (χ0) is 21.7. The lowest BCUT2D eigenvalue weighted by Gasteiger charge is -2.29. The van der Waals surface area contributed by atoms with E-state index in [4.69, 9.17) is 0 Å². The number of hydrogen-bond acceptors (Lipinski definition) is 8. The van der Waals surface area contributed by atoms with Gasteiger partial charge in [-0.1, -0.05) is 0 Å². The Kier molecular flexibility index (Phi) is 4.80. The molecule has 4 heterocycles. The lowest BCUT2D eigenvalue weighted by molar-refractivity contribution is -0.137. The second-order valence-corrected chi connectivity index (χ2v) is 8.41. The Bertz CT molecular complexity index is 1090. The lowest BCUT2D eigenvalue weighted by Crippen LogP contribution is -2.37. The number of hydrogen-bond donors (Lipinski definition) is 2. The monoisotopic (exact) mass is 435 g/mol. The number of nitrogens with zero attached hydrogens (tertiary/aromatic N) is 5. The molecule has 0 saturated heterocycles. The highest BCUT2D eigenvalue weighted by Crippen LogP contribution is 2.38. The highest BCUT2D eigenvalue weighted by atomic mass is 32.1. The van der Waals surface area contributed by atoms with Crippen molar-refractivity contribution in [3.05, 3.63) is 35.7 Å². The van der Waals surface area contributed by atoms with Crippen LogP contribution in [-0.4, -0.2) is 39.0 Å². The number of nitrogens with one attached hydrogen (secondary N) is 2. The maximum atomic E-state index is 12.9. The van der Waals surface area contributed by atoms with Crippen LogP contribution in [0.2, 0.25) is 0 Å². The molecule has 0 aliphatic carbocycles. The molecule has 0 fully saturated rings. The Morgan fingerprint density at radius 2 is 1.93 bits per heavy atom. The first-order valence-corrected chi connectivity index (χ1v) is 9.95. The number of alkyl halides is 3. The number of aromatic nitrogens is 4. The summed E-state index contributed by atoms with van der Waals surface area (Å²) in [5, 5.41) is 6.06. The Hall–Kier alpha value is -2.95. The van der Waals surface area contributed by atoms with Crippen LogP contribution >= 0.6 is 11.5 Å². The predicted molar refractivity (Wildman–Crippen MR) is 111 cm³/mol. The van der Waals surface area contributed by atoms with Gasteiger partial charge < -0.3 is 15.5 Å². The van der Waals surface area contributed by atoms with Crippen molar-refractivity contribution in [3.63, 3.8) is 0 Å². The van der Waals surface area contributed by atoms with Crippen LogP contribution in [-0.2, 0) is 12.6 Å². The van der Waals surface area contributed by atoms with Gasteiger partial charge in [0.15, 0.2) is 11.6 Å². The third kappa shape index (κ3) is 3.64. The highest BCUT2D eigenvalue weighted by Gasteiger charge is 2.34. The Morgan fingerprint density at radius 3 is 2.63 bits per heavy atom. The molecule has 0 spiro atoms. The van der Waals surface area contributed by atoms with Crippen LogP contribution in [0.3, 0.4) is 0 Å². The van der Waals surface area contributed by atoms with E-state index in [1.165, 1.54) is 12.6 Å². The number of likely N-dealkylation sites (N-methyl/N-ethyl adjacent to an activating group) is 1. The molecule has 3 aromatic heterocycles. The standard InChI is InChI=1S/C19H20F3N7S/c1-18(2)7-10-5-13(24-9-14(10)29(18)4)16-27-17(30-28-16)26-15-12(23-3)6-11(8-25-15)19(20,21)22/h5-6,8-9,23H,7H2,1-4H3,(H,25,26,27,28). The van der Waals surface area contributed by atoms with Gasteiger partial charge in [-0.15, -0.1) is 0 Å². The van der Waals surface area contributed by atoms with E-state index in [1.54, 1.807) is 0 Å². The quantitative estimate of drug-likeness (QED) is 0.621. The van der Waals surface area contributed by atoms with Gasteiger partial charge in [0.25, 0.3) is 0 Å². The van der Waals surface area contributed by atoms with E-state index in [-0.39, 0.29) is 17.0 Å². The van der Waals surface area contributed by atoms with Crippen molar-refractivity contribution in [1.29, 1.82) is 0 Å². The number of fused-ring (bicyclic) bond motifs is 1. The maximum Gasteiger partial charge on any atom is 0.417 e. The van der Waals surface area contributed by atoms with Crippen LogP contribution in [0.25, 0.3) is 11.5 Å². The first-order chi connectivity index (χ1) is 14.1. The molecule has 2 N–H and O–H groups in total. The van der Waals surface area contributed by atoms with E-state index in [2.05, 4.69) is 48.7 Å². The number of halogens is 3. The van der Waals surface area contributed by atoms with Crippen molar-refractivity contribution < 1.29 is 13.2 Å². The molecule has 0 radical (unpaired) electrons. The fraction of sp³-hybridized carbons (Fsp3) is 0.368. The average Bonchev–Trinajstić information content (AvgIpc) is 3.23. The summed E-state index contributed by atoms with van der Waals surface area (Å²) in [6, 6.07) is 2.99. The molecule has 0 atom stereocenters. The van der Waals surface area contributed by atoms with Crippen molar-refractivity contribution in [1.82, 2.24) is 19.3 Å². The van der Waals surface area contributed by atoms with Crippen molar-refractivity contribution in [3.8, 4) is 11.5 Å². The Balaban J connectivity index is 1.58. The van der Waals surface area contributed by atoms with Gasteiger partial charge in [0.1, 0.15) is 5.69 Å². The third-order valence-electron chi connectivity index (χ3n) is 5.22. The van der Waals surface area contributed by atoms with E-state index in [0.717, 1.165) is 35.9 Å². The minimum atomic E-state index is -4.46. The summed E-state index contributed by atoms with van der Waals surface area (Å²) in [6.07, 6.45) is -0.963. The largest absolute Gasteiger partial charge is 0.417 e. The normalized spacial score (nSPS) is 15.2. The predicted octanol–water partition coefficient (Wildman–Crippen LogP) is 4.57. The SMILES string of the molecule is CNc1cc(C(F)(F)F)cnc1Nc1nc(-c2cc3c(cn2)N(C)C(C)(C)C3)ns1. The highest BCUT2D eigenvalue weighted by molar-refractivity contribution is 7.09. The van der Waals surface area contributed by atoms with Crippen molar-refractivity contribution in [2.75, 3.05) is 29.6 Å². The fourth-order valence-electron chi connectivity index (χ4n) is 3.36. The summed E-state index contributed by atoms with van der Waals surface area (Å²) in [7, 11) is 3.58. The van der Waals surface area contributed by atoms with Gasteiger partial charge >= 0.3 is 6.18 Å². The van der Waals surface area contributed by atoms with Crippen LogP contribution in [0.5, 0.6) is 0 Å². The zero-order valence-corrected chi connectivity index (χ0v) is 17.6. The first kappa shape index (κ1) is 20.3. The van der Waals surface area contributed by atoms with Crippen LogP contribution < -0.4 is 15.5 Å². The summed E-state index contributed by atoms with van der Waals surface area (Å²) in [5.41, 5.74) is 2.32. The summed E-state index contributed by atoms with van der Waals surface area (Å²) >= 11 is 1.09. The van der Waals surface area contributed by atoms with Crippen molar-refractivity contribution in [2.24, 2.45) is 0 Å². The molecule has 0 aromatic carbocycles. The molecule has 3 aromatic rings. The molecule has 158 valence electrons. The van der Waals surface area contributed by atoms with E-state index >= 15 is 0 Å². The van der Waals surface area contributed by atoms with E-state index < -0.39 is 11.7 Å². The second-order valence-electron chi connectivity index (χ2n) is 7.66. The number of anilines is 4. The van der Waals surface area contributed by atoms with E-state index in [1.807, 2.05) is 19.3 Å². The van der Waals surface area contributed by atoms with Crippen molar-refractivity contribution in [2.45, 2.75) is 32.0 Å². The lowest BCUT2D eigenvalue weighted by atomic mass is 10.00. The number of rotatable bonds is 4. The average molecular weight is 435 g/mol. The topological polar surface area (TPSA) is 78.9 Å². The first-order valence-electron chi connectivity index (χ1n) is 9.17. The summed E-state index contributed by atoms with van der Waals surface area (Å²) in [4.78, 5) is 15.0. The van der Waals surface area contributed by atoms with Crippen LogP contribution in [0.4, 0.5) is 35.5 Å². The fourth-order valence-corrected chi connectivity index (χ4v) is 3.93. The summed E-state index contributed by atoms with van der Waals surface area (Å²) < 4.78 is 43.0. The molecule has 1 aliphatic rings. The molecule has 7 nitrogen and oxygen atoms in total. The number of pyridine rings is 2. The van der Waals surface area contributed by atoms with E-state index in [9.17, 15) is 13.2 Å². The van der Waals surface area contributed by atoms with Gasteiger partial charge in [-0.2, -0.15) is 22.5 Å². The second kappa shape index (κ2) is 7.08. The van der Waals surface area contributed by atoms with Gasteiger partial charge in [-0.25, -0.2) is 4.98 Å². The maximum absolute atomic E-state index is 12.9. The molecule has 30 heavy (non-hydrogen) atoms. The molecular formula is C19H20F3N7S. The smallest absolute Gasteiger partial charge is 0.385 e. The van der Waals surface area contributed by atoms with Gasteiger partial charge in [0, 0.05) is 37.4 Å². The summed E-state index contributed by atoms with van der Waals surface area (Å²) in [6.45, 7) is 4.35. The van der Waals surface area contributed by atoms with Crippen molar-refractivity contribution >= 4 is 33.9 Å². The minimum absolute atomic E-state index is 0.0165. The molecule has 1 aliphatic heterocycles. The zero-order valence-electron chi connectivity index (χ0n) is 16.8. The molecule has 0 unspecified atom stereocenters. The molecule has 4 rings (SSSR count). The molecule has 0 saturated carbocycles. The Labute approximate surface area is 175 Å². The van der Waals surface area contributed by atoms with Gasteiger partial charge in [-0.05, 0) is 38.0 Å². The molecule has 0 bridgehead atoms. The van der Waals surface area contributed by atoms with Crippen LogP contribution in [0.1, 0.15) is 25.0 Å². The Morgan fingerprint density at radius 1 is 1.17 bits per heavy atom. The third-order valence-corrected chi connectivity index (χ3v) is 5.85. The minimum Gasteiger partial charge on any atom is -0.385 e. The molecular weight excluding hydrogens is 415 g/mol. The summed E-state index contributed by atoms with van der Waals surface area (Å²) in [5.74, 6) is 0.689. The van der Waals surface area contributed by atoms with Gasteiger partial charge in [0.2, 0.25) is 5.13 Å². The molecule has 0 amide bonds. The van der Waals surface area contributed by atoms with Crippen LogP contribution in [0, 0.1) is 0 Å². The van der Waals surface area contributed by atoms with E-state index in [0.29, 0.717) is 16.6 Å². The molecule has 11 heteroatoms. The van der Waals surface area contributed by atoms with Gasteiger partial charge in [0.05, 0.1) is 23.1 Å². The van der Waals surface area contributed by atoms with Gasteiger partial charge in [-0.3, -0.25) is 4.98 Å². The van der Waals surface area contributed by atoms with Crippen LogP contribution in [0.15, 0.2) is 24.5 Å².